The van der Waals surface area contributed by atoms with Crippen LogP contribution in [-0.2, 0) is 26.2 Å². The molecule has 0 amide bonds. The summed E-state index contributed by atoms with van der Waals surface area (Å²) >= 11 is -1.73. The maximum Gasteiger partial charge on any atom is 4.00 e. The Kier molecular flexibility index (Phi) is 37.6. The van der Waals surface area contributed by atoms with Crippen LogP contribution < -0.4 is 4.40 Å². The largest absolute Gasteiger partial charge is 4.00 e. The number of hydrogen-bond donors (Lipinski definition) is 0. The minimum atomic E-state index is -1.73. The molecule has 0 aromatic heterocycles. The van der Waals surface area contributed by atoms with E-state index in [1.54, 1.807) is 0 Å². The summed E-state index contributed by atoms with van der Waals surface area (Å²) in [5.41, 5.74) is 0. The van der Waals surface area contributed by atoms with Crippen molar-refractivity contribution in [1.82, 2.24) is 0 Å². The van der Waals surface area contributed by atoms with Crippen molar-refractivity contribution >= 4 is 20.3 Å². The molecule has 0 saturated carbocycles. The Labute approximate surface area is 246 Å². The molecule has 0 aliphatic heterocycles. The van der Waals surface area contributed by atoms with E-state index in [-0.39, 0.29) is 26.2 Å². The second kappa shape index (κ2) is 30.8. The molecule has 1 aromatic rings. The van der Waals surface area contributed by atoms with Gasteiger partial charge in [0, 0.05) is 0 Å². The Bertz CT molecular complexity index is 411. The van der Waals surface area contributed by atoms with Crippen molar-refractivity contribution in [2.24, 2.45) is 35.5 Å². The smallest absolute Gasteiger partial charge is 4.00 e. The van der Waals surface area contributed by atoms with Crippen LogP contribution in [0, 0.1) is 35.5 Å². The molecule has 0 saturated heterocycles. The van der Waals surface area contributed by atoms with Crippen LogP contribution in [0.3, 0.4) is 0 Å². The van der Waals surface area contributed by atoms with Gasteiger partial charge in [-0.2, -0.15) is 0 Å². The third-order valence-corrected chi connectivity index (χ3v) is 5.49. The molecule has 6 heteroatoms. The van der Waals surface area contributed by atoms with Crippen molar-refractivity contribution in [3.63, 3.8) is 0 Å². The van der Waals surface area contributed by atoms with Gasteiger partial charge in [0.05, 0.1) is 0 Å². The van der Waals surface area contributed by atoms with Gasteiger partial charge in [-0.1, -0.05) is 119 Å². The Balaban J connectivity index is -0.000000182. The van der Waals surface area contributed by atoms with Gasteiger partial charge in [0.1, 0.15) is 0 Å². The average Bonchev–Trinajstić information content (AvgIpc) is 3.21. The van der Waals surface area contributed by atoms with Gasteiger partial charge in [-0.15, -0.1) is 39.3 Å². The average molecular weight is 634 g/mol. The van der Waals surface area contributed by atoms with Crippen LogP contribution in [-0.4, -0.2) is 55.2 Å². The quantitative estimate of drug-likeness (QED) is 0.156. The van der Waals surface area contributed by atoms with Gasteiger partial charge in [0.2, 0.25) is 0 Å². The van der Waals surface area contributed by atoms with Crippen LogP contribution in [0.1, 0.15) is 83.1 Å². The zero-order valence-electron chi connectivity index (χ0n) is 25.4. The fraction of sp³-hybridized carbons (Fsp3) is 0.828. The summed E-state index contributed by atoms with van der Waals surface area (Å²) < 4.78 is 12.7. The molecule has 0 spiro atoms. The Morgan fingerprint density at radius 3 is 0.829 bits per heavy atom. The maximum absolute atomic E-state index is 11.7. The molecule has 0 unspecified atom stereocenters. The predicted molar refractivity (Wildman–Crippen MR) is 160 cm³/mol. The molecule has 1 aromatic carbocycles. The molecule has 3 nitrogen and oxygen atoms in total. The zero-order chi connectivity index (χ0) is 26.9. The summed E-state index contributed by atoms with van der Waals surface area (Å²) in [6.45, 7) is 32.5. The summed E-state index contributed by atoms with van der Waals surface area (Å²) in [6, 6.07) is 7.44. The molecule has 35 heavy (non-hydrogen) atoms. The van der Waals surface area contributed by atoms with Crippen molar-refractivity contribution in [1.29, 1.82) is 0 Å². The predicted octanol–water partition coefficient (Wildman–Crippen LogP) is 8.10. The van der Waals surface area contributed by atoms with Crippen molar-refractivity contribution in [2.45, 2.75) is 83.1 Å². The molecule has 0 N–H and O–H groups in total. The number of halogens is 1. The molecule has 0 aliphatic carbocycles. The summed E-state index contributed by atoms with van der Waals surface area (Å²) in [5.74, 6) is 4.35. The second-order valence-corrected chi connectivity index (χ2v) is 13.8. The van der Waals surface area contributed by atoms with Crippen molar-refractivity contribution in [3.05, 3.63) is 40.2 Å². The van der Waals surface area contributed by atoms with Crippen LogP contribution in [0.4, 0.5) is 3.50 Å². The molecule has 206 valence electrons. The van der Waals surface area contributed by atoms with Gasteiger partial charge < -0.3 is 16.0 Å². The second-order valence-electron chi connectivity index (χ2n) is 11.6. The van der Waals surface area contributed by atoms with Crippen molar-refractivity contribution in [2.75, 3.05) is 39.3 Å². The van der Waals surface area contributed by atoms with E-state index >= 15 is 0 Å². The van der Waals surface area contributed by atoms with E-state index in [0.29, 0.717) is 0 Å². The first-order chi connectivity index (χ1) is 15.8. The molecular formula is C29H60FGeN3Zr. The normalized spacial score (nSPS) is 10.9. The van der Waals surface area contributed by atoms with Crippen LogP contribution in [0.25, 0.3) is 16.0 Å². The maximum atomic E-state index is 11.7. The molecule has 0 atom stereocenters. The molecule has 0 heterocycles. The van der Waals surface area contributed by atoms with E-state index in [9.17, 15) is 3.50 Å². The number of hydrogen-bond acceptors (Lipinski definition) is 0. The van der Waals surface area contributed by atoms with Crippen molar-refractivity contribution in [3.8, 4) is 0 Å². The fourth-order valence-electron chi connectivity index (χ4n) is 2.28. The first-order valence-corrected chi connectivity index (χ1v) is 16.1. The van der Waals surface area contributed by atoms with Crippen LogP contribution >= 0.6 is 0 Å². The standard InChI is InChI=1S/3C8H18N.C5H6FGe.Zr/c3*1-7(2)5-9-6-8(3)4;6-7-5-3-1-2-4-5;/h3*7-8H,5-6H2,1-4H3;1-4H,7H2;/q4*-1;+4. The topological polar surface area (TPSA) is 42.3 Å². The molecule has 0 radical (unpaired) electrons. The SMILES string of the molecule is CC(C)C[N-]CC(C)C.CC(C)C[N-]CC(C)C.CC(C)C[N-]CC(C)C.[F][GeH2][c-]1cccc1.[Zr+4]. The summed E-state index contributed by atoms with van der Waals surface area (Å²) in [7, 11) is 0. The molecule has 0 aliphatic rings. The van der Waals surface area contributed by atoms with Gasteiger partial charge in [0.15, 0.2) is 0 Å². The third kappa shape index (κ3) is 48.3. The van der Waals surface area contributed by atoms with Crippen LogP contribution in [0.5, 0.6) is 0 Å². The van der Waals surface area contributed by atoms with Crippen molar-refractivity contribution < 1.29 is 29.7 Å². The van der Waals surface area contributed by atoms with Gasteiger partial charge >= 0.3 is 74.3 Å². The van der Waals surface area contributed by atoms with E-state index in [0.717, 1.165) is 79.2 Å². The summed E-state index contributed by atoms with van der Waals surface area (Å²) in [4.78, 5) is 0. The number of nitrogens with zero attached hydrogens (tertiary/aromatic N) is 3. The summed E-state index contributed by atoms with van der Waals surface area (Å²) in [5, 5.41) is 13.1. The molecule has 1 rings (SSSR count). The third-order valence-electron chi connectivity index (χ3n) is 3.85. The zero-order valence-corrected chi connectivity index (χ0v) is 30.9. The van der Waals surface area contributed by atoms with Gasteiger partial charge in [-0.3, -0.25) is 0 Å². The first kappa shape index (κ1) is 42.7. The van der Waals surface area contributed by atoms with Crippen LogP contribution in [0.2, 0.25) is 0 Å². The minimum absolute atomic E-state index is 0. The Hall–Kier alpha value is 0.586. The monoisotopic (exact) mass is 633 g/mol. The molecule has 0 fully saturated rings. The molecule has 0 bridgehead atoms. The minimum Gasteiger partial charge on any atom is 4.00 e. The van der Waals surface area contributed by atoms with Gasteiger partial charge in [-0.25, -0.2) is 0 Å². The van der Waals surface area contributed by atoms with E-state index in [1.165, 1.54) is 0 Å². The van der Waals surface area contributed by atoms with E-state index in [1.807, 2.05) is 24.3 Å². The van der Waals surface area contributed by atoms with Crippen LogP contribution in [0.15, 0.2) is 24.3 Å². The summed E-state index contributed by atoms with van der Waals surface area (Å²) in [6.07, 6.45) is 0. The van der Waals surface area contributed by atoms with E-state index < -0.39 is 15.9 Å². The Morgan fingerprint density at radius 1 is 0.514 bits per heavy atom. The van der Waals surface area contributed by atoms with Gasteiger partial charge in [-0.05, 0) is 0 Å². The van der Waals surface area contributed by atoms with E-state index in [2.05, 4.69) is 99.0 Å². The van der Waals surface area contributed by atoms with Gasteiger partial charge in [0.25, 0.3) is 0 Å². The Morgan fingerprint density at radius 2 is 0.714 bits per heavy atom. The molecular weight excluding hydrogens is 573 g/mol. The van der Waals surface area contributed by atoms with E-state index in [4.69, 9.17) is 0 Å². The fourth-order valence-corrected chi connectivity index (χ4v) is 3.22. The number of rotatable bonds is 13. The first-order valence-electron chi connectivity index (χ1n) is 13.5.